The van der Waals surface area contributed by atoms with Crippen LogP contribution in [-0.2, 0) is 6.42 Å². The van der Waals surface area contributed by atoms with Crippen molar-refractivity contribution < 1.29 is 4.42 Å². The third-order valence-corrected chi connectivity index (χ3v) is 3.86. The highest BCUT2D eigenvalue weighted by atomic mass is 35.5. The predicted octanol–water partition coefficient (Wildman–Crippen LogP) is 3.06. The van der Waals surface area contributed by atoms with Crippen LogP contribution < -0.4 is 0 Å². The second-order valence-electron chi connectivity index (χ2n) is 3.91. The summed E-state index contributed by atoms with van der Waals surface area (Å²) in [6.07, 6.45) is 3.44. The number of thioether (sulfide) groups is 1. The first-order chi connectivity index (χ1) is 7.25. The summed E-state index contributed by atoms with van der Waals surface area (Å²) in [4.78, 5) is 0. The number of aromatic nitrogens is 2. The van der Waals surface area contributed by atoms with E-state index in [1.54, 1.807) is 0 Å². The van der Waals surface area contributed by atoms with Crippen LogP contribution in [0.15, 0.2) is 4.42 Å². The largest absolute Gasteiger partial charge is 0.424 e. The quantitative estimate of drug-likeness (QED) is 0.769. The highest BCUT2D eigenvalue weighted by molar-refractivity contribution is 7.99. The molecule has 1 fully saturated rings. The van der Waals surface area contributed by atoms with Crippen LogP contribution >= 0.6 is 23.4 Å². The molecule has 0 aromatic carbocycles. The second-order valence-corrected chi connectivity index (χ2v) is 5.79. The second kappa shape index (κ2) is 5.21. The van der Waals surface area contributed by atoms with Gasteiger partial charge >= 0.3 is 0 Å². The van der Waals surface area contributed by atoms with Crippen LogP contribution in [0.5, 0.6) is 0 Å². The number of hydrogen-bond donors (Lipinski definition) is 0. The third kappa shape index (κ3) is 3.11. The number of halogens is 1. The molecule has 1 aromatic heterocycles. The average molecular weight is 247 g/mol. The molecule has 84 valence electrons. The van der Waals surface area contributed by atoms with Gasteiger partial charge in [0.25, 0.3) is 0 Å². The Morgan fingerprint density at radius 3 is 2.80 bits per heavy atom. The van der Waals surface area contributed by atoms with E-state index in [-0.39, 0.29) is 5.38 Å². The molecule has 1 unspecified atom stereocenters. The first-order valence-electron chi connectivity index (χ1n) is 5.30. The Balaban J connectivity index is 1.91. The van der Waals surface area contributed by atoms with Crippen molar-refractivity contribution in [3.8, 4) is 0 Å². The lowest BCUT2D eigenvalue weighted by molar-refractivity contribution is 0.391. The Morgan fingerprint density at radius 1 is 1.47 bits per heavy atom. The standard InChI is InChI=1S/C10H15ClN2OS/c1-7(11)10-13-12-9(14-10)6-8-2-4-15-5-3-8/h7-8H,2-6H2,1H3. The molecule has 1 aliphatic heterocycles. The third-order valence-electron chi connectivity index (χ3n) is 2.63. The zero-order valence-electron chi connectivity index (χ0n) is 8.78. The zero-order chi connectivity index (χ0) is 10.7. The predicted molar refractivity (Wildman–Crippen MR) is 62.3 cm³/mol. The molecule has 2 rings (SSSR count). The summed E-state index contributed by atoms with van der Waals surface area (Å²) in [6.45, 7) is 1.84. The van der Waals surface area contributed by atoms with E-state index in [0.717, 1.165) is 12.3 Å². The van der Waals surface area contributed by atoms with Crippen molar-refractivity contribution in [2.45, 2.75) is 31.6 Å². The van der Waals surface area contributed by atoms with Crippen molar-refractivity contribution in [3.05, 3.63) is 11.8 Å². The van der Waals surface area contributed by atoms with Crippen LogP contribution in [0.4, 0.5) is 0 Å². The van der Waals surface area contributed by atoms with E-state index < -0.39 is 0 Å². The monoisotopic (exact) mass is 246 g/mol. The normalized spacial score (nSPS) is 20.4. The SMILES string of the molecule is CC(Cl)c1nnc(CC2CCSCC2)o1. The summed E-state index contributed by atoms with van der Waals surface area (Å²) >= 11 is 7.89. The molecule has 1 aromatic rings. The molecule has 1 aliphatic rings. The van der Waals surface area contributed by atoms with Gasteiger partial charge in [-0.1, -0.05) is 0 Å². The molecule has 5 heteroatoms. The molecule has 1 atom stereocenters. The van der Waals surface area contributed by atoms with Gasteiger partial charge in [0.2, 0.25) is 11.8 Å². The van der Waals surface area contributed by atoms with Crippen LogP contribution in [0.2, 0.25) is 0 Å². The molecule has 15 heavy (non-hydrogen) atoms. The van der Waals surface area contributed by atoms with Crippen molar-refractivity contribution in [3.63, 3.8) is 0 Å². The molecule has 0 radical (unpaired) electrons. The molecular formula is C10H15ClN2OS. The van der Waals surface area contributed by atoms with Gasteiger partial charge in [0, 0.05) is 6.42 Å². The van der Waals surface area contributed by atoms with E-state index in [9.17, 15) is 0 Å². The van der Waals surface area contributed by atoms with Crippen LogP contribution in [0.25, 0.3) is 0 Å². The Hall–Kier alpha value is -0.220. The lowest BCUT2D eigenvalue weighted by Gasteiger charge is -2.19. The summed E-state index contributed by atoms with van der Waals surface area (Å²) in [5.74, 6) is 4.52. The molecule has 1 saturated heterocycles. The van der Waals surface area contributed by atoms with Gasteiger partial charge in [-0.25, -0.2) is 0 Å². The molecule has 0 saturated carbocycles. The topological polar surface area (TPSA) is 38.9 Å². The van der Waals surface area contributed by atoms with Gasteiger partial charge in [0.15, 0.2) is 0 Å². The van der Waals surface area contributed by atoms with E-state index in [2.05, 4.69) is 10.2 Å². The first kappa shape index (κ1) is 11.3. The Labute approximate surface area is 99.0 Å². The van der Waals surface area contributed by atoms with Crippen LogP contribution in [0, 0.1) is 5.92 Å². The van der Waals surface area contributed by atoms with Crippen molar-refractivity contribution in [2.75, 3.05) is 11.5 Å². The minimum absolute atomic E-state index is 0.187. The zero-order valence-corrected chi connectivity index (χ0v) is 10.4. The molecule has 0 N–H and O–H groups in total. The van der Waals surface area contributed by atoms with Crippen LogP contribution in [0.3, 0.4) is 0 Å². The minimum atomic E-state index is -0.187. The summed E-state index contributed by atoms with van der Waals surface area (Å²) < 4.78 is 5.49. The fourth-order valence-corrected chi connectivity index (χ4v) is 3.00. The van der Waals surface area contributed by atoms with E-state index in [1.807, 2.05) is 18.7 Å². The van der Waals surface area contributed by atoms with Gasteiger partial charge in [-0.2, -0.15) is 11.8 Å². The first-order valence-corrected chi connectivity index (χ1v) is 6.89. The van der Waals surface area contributed by atoms with E-state index in [4.69, 9.17) is 16.0 Å². The van der Waals surface area contributed by atoms with Gasteiger partial charge in [-0.05, 0) is 37.2 Å². The molecule has 2 heterocycles. The van der Waals surface area contributed by atoms with Gasteiger partial charge in [0.05, 0.1) is 0 Å². The molecular weight excluding hydrogens is 232 g/mol. The highest BCUT2D eigenvalue weighted by Crippen LogP contribution is 2.26. The Kier molecular flexibility index (Phi) is 3.92. The minimum Gasteiger partial charge on any atom is -0.424 e. The number of hydrogen-bond acceptors (Lipinski definition) is 4. The fourth-order valence-electron chi connectivity index (χ4n) is 1.71. The number of alkyl halides is 1. The lowest BCUT2D eigenvalue weighted by atomic mass is 9.99. The highest BCUT2D eigenvalue weighted by Gasteiger charge is 2.18. The summed E-state index contributed by atoms with van der Waals surface area (Å²) in [6, 6.07) is 0. The van der Waals surface area contributed by atoms with Gasteiger partial charge in [-0.3, -0.25) is 0 Å². The average Bonchev–Trinajstić information content (AvgIpc) is 2.68. The lowest BCUT2D eigenvalue weighted by Crippen LogP contribution is -2.12. The maximum atomic E-state index is 5.86. The molecule has 0 spiro atoms. The van der Waals surface area contributed by atoms with Gasteiger partial charge in [0.1, 0.15) is 5.38 Å². The molecule has 0 amide bonds. The van der Waals surface area contributed by atoms with Gasteiger partial charge < -0.3 is 4.42 Å². The molecule has 0 aliphatic carbocycles. The maximum Gasteiger partial charge on any atom is 0.234 e. The van der Waals surface area contributed by atoms with Crippen molar-refractivity contribution >= 4 is 23.4 Å². The fraction of sp³-hybridized carbons (Fsp3) is 0.800. The van der Waals surface area contributed by atoms with E-state index in [0.29, 0.717) is 11.8 Å². The van der Waals surface area contributed by atoms with Crippen LogP contribution in [0.1, 0.15) is 36.9 Å². The summed E-state index contributed by atoms with van der Waals surface area (Å²) in [5.41, 5.74) is 0. The molecule has 3 nitrogen and oxygen atoms in total. The van der Waals surface area contributed by atoms with Crippen molar-refractivity contribution in [1.29, 1.82) is 0 Å². The smallest absolute Gasteiger partial charge is 0.234 e. The Bertz CT molecular complexity index is 310. The number of nitrogens with zero attached hydrogens (tertiary/aromatic N) is 2. The van der Waals surface area contributed by atoms with Crippen molar-refractivity contribution in [1.82, 2.24) is 10.2 Å². The van der Waals surface area contributed by atoms with E-state index in [1.165, 1.54) is 24.3 Å². The maximum absolute atomic E-state index is 5.86. The summed E-state index contributed by atoms with van der Waals surface area (Å²) in [7, 11) is 0. The Morgan fingerprint density at radius 2 is 2.20 bits per heavy atom. The number of rotatable bonds is 3. The van der Waals surface area contributed by atoms with Gasteiger partial charge in [-0.15, -0.1) is 21.8 Å². The molecule has 0 bridgehead atoms. The van der Waals surface area contributed by atoms with Crippen molar-refractivity contribution in [2.24, 2.45) is 5.92 Å². The summed E-state index contributed by atoms with van der Waals surface area (Å²) in [5, 5.41) is 7.76. The van der Waals surface area contributed by atoms with Crippen LogP contribution in [-0.4, -0.2) is 21.7 Å². The van der Waals surface area contributed by atoms with E-state index >= 15 is 0 Å².